The Kier molecular flexibility index (Phi) is 3.81. The molecule has 0 heterocycles. The summed E-state index contributed by atoms with van der Waals surface area (Å²) in [5, 5.41) is 8.25. The van der Waals surface area contributed by atoms with E-state index in [4.69, 9.17) is 5.11 Å². The first-order valence-electron chi connectivity index (χ1n) is 2.11. The van der Waals surface area contributed by atoms with Crippen LogP contribution in [0.2, 0.25) is 0 Å². The molecule has 0 bridgehead atoms. The van der Waals surface area contributed by atoms with Crippen LogP contribution in [-0.2, 0) is 0 Å². The van der Waals surface area contributed by atoms with Crippen molar-refractivity contribution < 1.29 is 5.11 Å². The maximum absolute atomic E-state index is 8.25. The largest absolute Gasteiger partial charge is 0.392 e. The molecule has 0 amide bonds. The van der Waals surface area contributed by atoms with Gasteiger partial charge in [-0.15, -0.1) is 0 Å². The van der Waals surface area contributed by atoms with E-state index in [1.807, 2.05) is 0 Å². The zero-order chi connectivity index (χ0) is 4.99. The van der Waals surface area contributed by atoms with Gasteiger partial charge in [0.2, 0.25) is 0 Å². The second-order valence-electron chi connectivity index (χ2n) is 1.52. The molecule has 2 heteroatoms. The predicted octanol–water partition coefficient (Wildman–Crippen LogP) is 1.02. The third kappa shape index (κ3) is 4.39. The van der Waals surface area contributed by atoms with Crippen LogP contribution >= 0.6 is 8.58 Å². The SMILES string of the molecule is CC(C)PCO. The molecular formula is C4H11OP. The summed E-state index contributed by atoms with van der Waals surface area (Å²) in [6.07, 6.45) is 0.359. The molecule has 0 aromatic heterocycles. The molecular weight excluding hydrogens is 95.0 g/mol. The summed E-state index contributed by atoms with van der Waals surface area (Å²) in [5.74, 6) is 0. The molecule has 0 saturated heterocycles. The summed E-state index contributed by atoms with van der Waals surface area (Å²) in [5.41, 5.74) is 0.676. The van der Waals surface area contributed by atoms with E-state index in [2.05, 4.69) is 13.8 Å². The topological polar surface area (TPSA) is 20.2 Å². The standard InChI is InChI=1S/C4H11OP/c1-4(2)6-3-5/h4-6H,3H2,1-2H3. The molecule has 6 heavy (non-hydrogen) atoms. The first-order valence-corrected chi connectivity index (χ1v) is 3.40. The average molecular weight is 106 g/mol. The number of aliphatic hydroxyl groups excluding tert-OH is 1. The van der Waals surface area contributed by atoms with Crippen molar-refractivity contribution in [2.45, 2.75) is 19.5 Å². The molecule has 0 aliphatic carbocycles. The highest BCUT2D eigenvalue weighted by Crippen LogP contribution is 2.13. The van der Waals surface area contributed by atoms with Crippen LogP contribution in [-0.4, -0.2) is 17.1 Å². The van der Waals surface area contributed by atoms with E-state index in [0.717, 1.165) is 8.58 Å². The van der Waals surface area contributed by atoms with Gasteiger partial charge < -0.3 is 5.11 Å². The Bertz CT molecular complexity index is 28.7. The van der Waals surface area contributed by atoms with Crippen LogP contribution in [0, 0.1) is 0 Å². The van der Waals surface area contributed by atoms with Gasteiger partial charge >= 0.3 is 0 Å². The molecule has 1 atom stereocenters. The smallest absolute Gasteiger partial charge is 0.0598 e. The third-order valence-corrected chi connectivity index (χ3v) is 1.50. The molecule has 0 fully saturated rings. The van der Waals surface area contributed by atoms with Crippen molar-refractivity contribution in [2.24, 2.45) is 0 Å². The van der Waals surface area contributed by atoms with Gasteiger partial charge in [0.1, 0.15) is 0 Å². The lowest BCUT2D eigenvalue weighted by atomic mass is 10.6. The van der Waals surface area contributed by atoms with Crippen molar-refractivity contribution in [3.63, 3.8) is 0 Å². The fourth-order valence-electron chi connectivity index (χ4n) is 0.183. The summed E-state index contributed by atoms with van der Waals surface area (Å²) < 4.78 is 0. The number of hydrogen-bond acceptors (Lipinski definition) is 1. The van der Waals surface area contributed by atoms with E-state index in [-0.39, 0.29) is 0 Å². The van der Waals surface area contributed by atoms with Crippen molar-refractivity contribution in [1.29, 1.82) is 0 Å². The van der Waals surface area contributed by atoms with Crippen LogP contribution in [0.25, 0.3) is 0 Å². The Hall–Kier alpha value is 0.390. The summed E-state index contributed by atoms with van der Waals surface area (Å²) in [4.78, 5) is 0. The first-order chi connectivity index (χ1) is 2.77. The lowest BCUT2D eigenvalue weighted by Crippen LogP contribution is -1.82. The molecule has 0 saturated carbocycles. The fraction of sp³-hybridized carbons (Fsp3) is 1.00. The zero-order valence-electron chi connectivity index (χ0n) is 4.23. The average Bonchev–Trinajstić information content (AvgIpc) is 1.35. The van der Waals surface area contributed by atoms with Crippen molar-refractivity contribution in [1.82, 2.24) is 0 Å². The van der Waals surface area contributed by atoms with Gasteiger partial charge in [-0.1, -0.05) is 22.4 Å². The third-order valence-electron chi connectivity index (χ3n) is 0.500. The molecule has 0 aliphatic rings. The first kappa shape index (κ1) is 6.39. The van der Waals surface area contributed by atoms with Crippen molar-refractivity contribution in [3.8, 4) is 0 Å². The van der Waals surface area contributed by atoms with Crippen LogP contribution < -0.4 is 0 Å². The highest BCUT2D eigenvalue weighted by Gasteiger charge is 1.85. The number of rotatable bonds is 2. The summed E-state index contributed by atoms with van der Waals surface area (Å²) in [6, 6.07) is 0. The van der Waals surface area contributed by atoms with Gasteiger partial charge in [0, 0.05) is 0 Å². The van der Waals surface area contributed by atoms with Gasteiger partial charge in [-0.25, -0.2) is 0 Å². The highest BCUT2D eigenvalue weighted by molar-refractivity contribution is 7.38. The molecule has 38 valence electrons. The van der Waals surface area contributed by atoms with E-state index in [1.54, 1.807) is 0 Å². The van der Waals surface area contributed by atoms with E-state index in [9.17, 15) is 0 Å². The monoisotopic (exact) mass is 106 g/mol. The van der Waals surface area contributed by atoms with E-state index < -0.39 is 0 Å². The number of aliphatic hydroxyl groups is 1. The minimum Gasteiger partial charge on any atom is -0.392 e. The molecule has 0 radical (unpaired) electrons. The highest BCUT2D eigenvalue weighted by atomic mass is 31.1. The minimum absolute atomic E-state index is 0.359. The van der Waals surface area contributed by atoms with Crippen LogP contribution in [0.3, 0.4) is 0 Å². The molecule has 0 aliphatic heterocycles. The van der Waals surface area contributed by atoms with Crippen molar-refractivity contribution in [3.05, 3.63) is 0 Å². The van der Waals surface area contributed by atoms with Crippen LogP contribution in [0.15, 0.2) is 0 Å². The Morgan fingerprint density at radius 2 is 2.17 bits per heavy atom. The van der Waals surface area contributed by atoms with Crippen LogP contribution in [0.1, 0.15) is 13.8 Å². The molecule has 0 spiro atoms. The summed E-state index contributed by atoms with van der Waals surface area (Å²) in [6.45, 7) is 4.21. The van der Waals surface area contributed by atoms with Crippen LogP contribution in [0.5, 0.6) is 0 Å². The molecule has 0 aromatic rings. The van der Waals surface area contributed by atoms with Gasteiger partial charge in [-0.3, -0.25) is 0 Å². The Balaban J connectivity index is 2.63. The molecule has 0 rings (SSSR count). The Morgan fingerprint density at radius 1 is 1.67 bits per heavy atom. The van der Waals surface area contributed by atoms with E-state index in [1.165, 1.54) is 0 Å². The predicted molar refractivity (Wildman–Crippen MR) is 30.5 cm³/mol. The fourth-order valence-corrected chi connectivity index (χ4v) is 0.548. The van der Waals surface area contributed by atoms with Gasteiger partial charge in [0.05, 0.1) is 6.35 Å². The summed E-state index contributed by atoms with van der Waals surface area (Å²) in [7, 11) is 0.727. The molecule has 1 N–H and O–H groups in total. The maximum Gasteiger partial charge on any atom is 0.0598 e. The van der Waals surface area contributed by atoms with Gasteiger partial charge in [-0.2, -0.15) is 0 Å². The zero-order valence-corrected chi connectivity index (χ0v) is 5.23. The number of hydrogen-bond donors (Lipinski definition) is 1. The van der Waals surface area contributed by atoms with E-state index in [0.29, 0.717) is 12.0 Å². The second-order valence-corrected chi connectivity index (χ2v) is 3.40. The van der Waals surface area contributed by atoms with Gasteiger partial charge in [-0.05, 0) is 5.66 Å². The molecule has 0 aromatic carbocycles. The molecule has 1 nitrogen and oxygen atoms in total. The van der Waals surface area contributed by atoms with E-state index >= 15 is 0 Å². The quantitative estimate of drug-likeness (QED) is 0.521. The van der Waals surface area contributed by atoms with Crippen LogP contribution in [0.4, 0.5) is 0 Å². The van der Waals surface area contributed by atoms with Gasteiger partial charge in [0.15, 0.2) is 0 Å². The minimum atomic E-state index is 0.359. The maximum atomic E-state index is 8.25. The second kappa shape index (κ2) is 3.58. The normalized spacial score (nSPS) is 12.0. The summed E-state index contributed by atoms with van der Waals surface area (Å²) >= 11 is 0. The molecule has 1 unspecified atom stereocenters. The Labute approximate surface area is 40.5 Å². The van der Waals surface area contributed by atoms with Crippen molar-refractivity contribution in [2.75, 3.05) is 6.35 Å². The lowest BCUT2D eigenvalue weighted by molar-refractivity contribution is 0.372. The lowest BCUT2D eigenvalue weighted by Gasteiger charge is -1.96. The van der Waals surface area contributed by atoms with Gasteiger partial charge in [0.25, 0.3) is 0 Å². The van der Waals surface area contributed by atoms with Crippen molar-refractivity contribution >= 4 is 8.58 Å². The Morgan fingerprint density at radius 3 is 2.17 bits per heavy atom.